The van der Waals surface area contributed by atoms with Crippen LogP contribution in [0.5, 0.6) is 0 Å². The topological polar surface area (TPSA) is 66.9 Å². The van der Waals surface area contributed by atoms with Crippen LogP contribution in [0.25, 0.3) is 0 Å². The summed E-state index contributed by atoms with van der Waals surface area (Å²) in [5, 5.41) is 6.82. The van der Waals surface area contributed by atoms with E-state index in [1.165, 1.54) is 0 Å². The van der Waals surface area contributed by atoms with Crippen molar-refractivity contribution < 1.29 is 4.79 Å². The monoisotopic (exact) mass is 352 g/mol. The van der Waals surface area contributed by atoms with Gasteiger partial charge >= 0.3 is 0 Å². The molecule has 3 rings (SSSR count). The third kappa shape index (κ3) is 5.02. The lowest BCUT2D eigenvalue weighted by molar-refractivity contribution is 0.0946. The fraction of sp³-hybridized carbons (Fsp3) is 0.105. The van der Waals surface area contributed by atoms with E-state index < -0.39 is 0 Å². The first-order valence-electron chi connectivity index (χ1n) is 7.82. The van der Waals surface area contributed by atoms with Crippen molar-refractivity contribution in [2.24, 2.45) is 0 Å². The standard InChI is InChI=1S/C19H17ClN4O/c20-16-5-3-14(4-6-16)12-23-17-7-9-22-18(10-17)19(25)24-13-15-2-1-8-21-11-15/h1-11H,12-13H2,(H,22,23)(H,24,25). The number of nitrogens with zero attached hydrogens (tertiary/aromatic N) is 2. The van der Waals surface area contributed by atoms with E-state index in [1.807, 2.05) is 42.5 Å². The van der Waals surface area contributed by atoms with Gasteiger partial charge in [0.1, 0.15) is 5.69 Å². The van der Waals surface area contributed by atoms with Crippen molar-refractivity contribution in [3.8, 4) is 0 Å². The molecule has 0 radical (unpaired) electrons. The van der Waals surface area contributed by atoms with Gasteiger partial charge < -0.3 is 10.6 Å². The van der Waals surface area contributed by atoms with Gasteiger partial charge in [-0.05, 0) is 41.5 Å². The van der Waals surface area contributed by atoms with Crippen molar-refractivity contribution in [2.45, 2.75) is 13.1 Å². The minimum absolute atomic E-state index is 0.223. The third-order valence-electron chi connectivity index (χ3n) is 3.58. The molecule has 1 aromatic carbocycles. The van der Waals surface area contributed by atoms with Crippen molar-refractivity contribution in [3.63, 3.8) is 0 Å². The van der Waals surface area contributed by atoms with Crippen LogP contribution < -0.4 is 10.6 Å². The maximum atomic E-state index is 12.2. The van der Waals surface area contributed by atoms with Gasteiger partial charge in [0.15, 0.2) is 0 Å². The van der Waals surface area contributed by atoms with Gasteiger partial charge in [-0.15, -0.1) is 0 Å². The first-order valence-corrected chi connectivity index (χ1v) is 8.20. The van der Waals surface area contributed by atoms with E-state index in [4.69, 9.17) is 11.6 Å². The molecule has 0 spiro atoms. The fourth-order valence-electron chi connectivity index (χ4n) is 2.25. The SMILES string of the molecule is O=C(NCc1cccnc1)c1cc(NCc2ccc(Cl)cc2)ccn1. The first-order chi connectivity index (χ1) is 12.2. The van der Waals surface area contributed by atoms with Crippen LogP contribution in [0.1, 0.15) is 21.6 Å². The largest absolute Gasteiger partial charge is 0.381 e. The van der Waals surface area contributed by atoms with Crippen LogP contribution in [-0.2, 0) is 13.1 Å². The molecular weight excluding hydrogens is 336 g/mol. The van der Waals surface area contributed by atoms with Crippen LogP contribution in [0.3, 0.4) is 0 Å². The average Bonchev–Trinajstić information content (AvgIpc) is 2.67. The number of anilines is 1. The molecule has 5 nitrogen and oxygen atoms in total. The Morgan fingerprint density at radius 2 is 1.84 bits per heavy atom. The molecule has 25 heavy (non-hydrogen) atoms. The number of pyridine rings is 2. The number of carbonyl (C=O) groups is 1. The highest BCUT2D eigenvalue weighted by Gasteiger charge is 2.08. The normalized spacial score (nSPS) is 10.3. The number of carbonyl (C=O) groups excluding carboxylic acids is 1. The number of nitrogens with one attached hydrogen (secondary N) is 2. The Kier molecular flexibility index (Phi) is 5.59. The summed E-state index contributed by atoms with van der Waals surface area (Å²) in [4.78, 5) is 20.4. The van der Waals surface area contributed by atoms with Crippen molar-refractivity contribution in [3.05, 3.63) is 89.0 Å². The maximum Gasteiger partial charge on any atom is 0.270 e. The Hall–Kier alpha value is -2.92. The first kappa shape index (κ1) is 16.9. The summed E-state index contributed by atoms with van der Waals surface area (Å²) in [6, 6.07) is 14.9. The lowest BCUT2D eigenvalue weighted by atomic mass is 10.2. The number of hydrogen-bond acceptors (Lipinski definition) is 4. The Morgan fingerprint density at radius 3 is 2.60 bits per heavy atom. The Morgan fingerprint density at radius 1 is 1.00 bits per heavy atom. The van der Waals surface area contributed by atoms with Crippen molar-refractivity contribution in [2.75, 3.05) is 5.32 Å². The molecule has 3 aromatic rings. The molecule has 126 valence electrons. The number of rotatable bonds is 6. The molecule has 1 amide bonds. The van der Waals surface area contributed by atoms with E-state index in [1.54, 1.807) is 24.7 Å². The number of hydrogen-bond donors (Lipinski definition) is 2. The van der Waals surface area contributed by atoms with Gasteiger partial charge in [-0.1, -0.05) is 29.8 Å². The molecule has 0 unspecified atom stereocenters. The molecule has 2 heterocycles. The van der Waals surface area contributed by atoms with Crippen molar-refractivity contribution in [1.29, 1.82) is 0 Å². The van der Waals surface area contributed by atoms with Gasteiger partial charge in [0.05, 0.1) is 0 Å². The Bertz CT molecular complexity index is 838. The van der Waals surface area contributed by atoms with Crippen LogP contribution in [-0.4, -0.2) is 15.9 Å². The van der Waals surface area contributed by atoms with E-state index in [0.717, 1.165) is 16.8 Å². The Labute approximate surface area is 151 Å². The predicted octanol–water partition coefficient (Wildman–Crippen LogP) is 3.67. The van der Waals surface area contributed by atoms with E-state index >= 15 is 0 Å². The van der Waals surface area contributed by atoms with Crippen LogP contribution in [0, 0.1) is 0 Å². The van der Waals surface area contributed by atoms with Gasteiger partial charge in [0.2, 0.25) is 0 Å². The van der Waals surface area contributed by atoms with Gasteiger partial charge in [0.25, 0.3) is 5.91 Å². The highest BCUT2D eigenvalue weighted by Crippen LogP contribution is 2.13. The molecule has 2 aromatic heterocycles. The molecule has 0 atom stereocenters. The number of aromatic nitrogens is 2. The highest BCUT2D eigenvalue weighted by atomic mass is 35.5. The molecule has 0 bridgehead atoms. The zero-order valence-corrected chi connectivity index (χ0v) is 14.2. The molecule has 2 N–H and O–H groups in total. The summed E-state index contributed by atoms with van der Waals surface area (Å²) in [5.41, 5.74) is 3.23. The molecule has 6 heteroatoms. The zero-order chi connectivity index (χ0) is 17.5. The summed E-state index contributed by atoms with van der Waals surface area (Å²) in [6.07, 6.45) is 5.03. The van der Waals surface area contributed by atoms with E-state index in [0.29, 0.717) is 23.8 Å². The summed E-state index contributed by atoms with van der Waals surface area (Å²) in [6.45, 7) is 1.05. The second kappa shape index (κ2) is 8.26. The molecule has 0 fully saturated rings. The summed E-state index contributed by atoms with van der Waals surface area (Å²) in [5.74, 6) is -0.223. The van der Waals surface area contributed by atoms with Gasteiger partial charge in [-0.2, -0.15) is 0 Å². The molecule has 0 saturated carbocycles. The lowest BCUT2D eigenvalue weighted by Gasteiger charge is -2.09. The maximum absolute atomic E-state index is 12.2. The fourth-order valence-corrected chi connectivity index (χ4v) is 2.37. The van der Waals surface area contributed by atoms with Crippen LogP contribution in [0.2, 0.25) is 5.02 Å². The summed E-state index contributed by atoms with van der Waals surface area (Å²) >= 11 is 5.88. The average molecular weight is 353 g/mol. The van der Waals surface area contributed by atoms with Gasteiger partial charge in [-0.3, -0.25) is 14.8 Å². The zero-order valence-electron chi connectivity index (χ0n) is 13.4. The minimum Gasteiger partial charge on any atom is -0.381 e. The minimum atomic E-state index is -0.223. The summed E-state index contributed by atoms with van der Waals surface area (Å²) in [7, 11) is 0. The van der Waals surface area contributed by atoms with E-state index in [-0.39, 0.29) is 5.91 Å². The quantitative estimate of drug-likeness (QED) is 0.710. The van der Waals surface area contributed by atoms with Crippen LogP contribution in [0.4, 0.5) is 5.69 Å². The van der Waals surface area contributed by atoms with Gasteiger partial charge in [0, 0.05) is 42.4 Å². The number of halogens is 1. The van der Waals surface area contributed by atoms with Gasteiger partial charge in [-0.25, -0.2) is 0 Å². The van der Waals surface area contributed by atoms with Crippen molar-refractivity contribution >= 4 is 23.2 Å². The van der Waals surface area contributed by atoms with Crippen LogP contribution >= 0.6 is 11.6 Å². The second-order valence-electron chi connectivity index (χ2n) is 5.45. The highest BCUT2D eigenvalue weighted by molar-refractivity contribution is 6.30. The van der Waals surface area contributed by atoms with E-state index in [2.05, 4.69) is 20.6 Å². The lowest BCUT2D eigenvalue weighted by Crippen LogP contribution is -2.23. The number of amides is 1. The molecule has 0 aliphatic rings. The molecule has 0 aliphatic heterocycles. The predicted molar refractivity (Wildman–Crippen MR) is 98.4 cm³/mol. The number of benzene rings is 1. The second-order valence-corrected chi connectivity index (χ2v) is 5.89. The molecular formula is C19H17ClN4O. The summed E-state index contributed by atoms with van der Waals surface area (Å²) < 4.78 is 0. The van der Waals surface area contributed by atoms with Crippen LogP contribution in [0.15, 0.2) is 67.1 Å². The molecule has 0 saturated heterocycles. The smallest absolute Gasteiger partial charge is 0.270 e. The van der Waals surface area contributed by atoms with E-state index in [9.17, 15) is 4.79 Å². The third-order valence-corrected chi connectivity index (χ3v) is 3.83. The Balaban J connectivity index is 1.58. The van der Waals surface area contributed by atoms with Crippen molar-refractivity contribution in [1.82, 2.24) is 15.3 Å². The molecule has 0 aliphatic carbocycles.